The minimum Gasteiger partial charge on any atom is -0.480 e. The number of aliphatic hydroxyl groups is 1. The first-order valence-electron chi connectivity index (χ1n) is 11.1. The van der Waals surface area contributed by atoms with Gasteiger partial charge in [0.05, 0.1) is 12.6 Å². The van der Waals surface area contributed by atoms with E-state index in [4.69, 9.17) is 11.1 Å². The molecule has 1 fully saturated rings. The van der Waals surface area contributed by atoms with Gasteiger partial charge >= 0.3 is 5.97 Å². The Balaban J connectivity index is 2.75. The van der Waals surface area contributed by atoms with Crippen LogP contribution in [0.2, 0.25) is 0 Å². The van der Waals surface area contributed by atoms with Crippen LogP contribution in [0.5, 0.6) is 0 Å². The number of carboxylic acid groups (broad SMARTS) is 1. The lowest BCUT2D eigenvalue weighted by Gasteiger charge is -2.25. The fraction of sp³-hybridized carbons (Fsp3) is 0.750. The number of rotatable bonds is 14. The summed E-state index contributed by atoms with van der Waals surface area (Å²) in [5.74, 6) is -3.29. The van der Waals surface area contributed by atoms with Gasteiger partial charge in [0, 0.05) is 6.54 Å². The molecule has 0 aliphatic carbocycles. The number of amides is 3. The van der Waals surface area contributed by atoms with E-state index >= 15 is 0 Å². The normalized spacial score (nSPS) is 18.1. The minimum absolute atomic E-state index is 0.00560. The summed E-state index contributed by atoms with van der Waals surface area (Å²) in [5.41, 5.74) is 5.18. The van der Waals surface area contributed by atoms with Gasteiger partial charge in [0.15, 0.2) is 5.96 Å². The molecule has 0 saturated carbocycles. The summed E-state index contributed by atoms with van der Waals surface area (Å²) in [6.45, 7) is 3.99. The number of carboxylic acids is 1. The number of aliphatic hydroxyl groups excluding tert-OH is 1. The molecular formula is C20H37N7O6. The Morgan fingerprint density at radius 1 is 1.09 bits per heavy atom. The topological polar surface area (TPSA) is 219 Å². The first-order valence-corrected chi connectivity index (χ1v) is 11.1. The van der Waals surface area contributed by atoms with Gasteiger partial charge < -0.3 is 42.5 Å². The molecule has 13 heteroatoms. The summed E-state index contributed by atoms with van der Waals surface area (Å²) in [5, 5.41) is 39.1. The molecule has 1 aliphatic rings. The van der Waals surface area contributed by atoms with Gasteiger partial charge in [0.2, 0.25) is 17.7 Å². The molecular weight excluding hydrogens is 434 g/mol. The Morgan fingerprint density at radius 2 is 1.73 bits per heavy atom. The summed E-state index contributed by atoms with van der Waals surface area (Å²) in [7, 11) is 0. The minimum atomic E-state index is -1.24. The summed E-state index contributed by atoms with van der Waals surface area (Å²) >= 11 is 0. The molecule has 0 aromatic rings. The zero-order valence-corrected chi connectivity index (χ0v) is 19.1. The van der Waals surface area contributed by atoms with E-state index in [0.29, 0.717) is 19.4 Å². The third kappa shape index (κ3) is 10.5. The van der Waals surface area contributed by atoms with Crippen molar-refractivity contribution in [2.75, 3.05) is 19.7 Å². The van der Waals surface area contributed by atoms with Gasteiger partial charge in [0.25, 0.3) is 0 Å². The predicted molar refractivity (Wildman–Crippen MR) is 120 cm³/mol. The molecule has 33 heavy (non-hydrogen) atoms. The van der Waals surface area contributed by atoms with Crippen molar-refractivity contribution >= 4 is 29.7 Å². The van der Waals surface area contributed by atoms with Crippen LogP contribution in [0.1, 0.15) is 46.0 Å². The van der Waals surface area contributed by atoms with Crippen molar-refractivity contribution in [3.8, 4) is 0 Å². The highest BCUT2D eigenvalue weighted by atomic mass is 16.4. The van der Waals surface area contributed by atoms with Gasteiger partial charge in [-0.05, 0) is 44.6 Å². The van der Waals surface area contributed by atoms with Crippen LogP contribution in [-0.2, 0) is 19.2 Å². The van der Waals surface area contributed by atoms with Crippen LogP contribution in [0, 0.1) is 11.3 Å². The predicted octanol–water partition coefficient (Wildman–Crippen LogP) is -2.42. The van der Waals surface area contributed by atoms with E-state index in [1.165, 1.54) is 0 Å². The number of hydrogen-bond donors (Lipinski definition) is 9. The summed E-state index contributed by atoms with van der Waals surface area (Å²) in [4.78, 5) is 49.3. The monoisotopic (exact) mass is 471 g/mol. The van der Waals surface area contributed by atoms with Crippen LogP contribution in [-0.4, -0.2) is 83.7 Å². The van der Waals surface area contributed by atoms with Crippen LogP contribution in [0.25, 0.3) is 0 Å². The number of nitrogens with one attached hydrogen (secondary N) is 6. The number of nitrogens with two attached hydrogens (primary N) is 1. The molecule has 1 heterocycles. The Hall–Kier alpha value is -2.93. The molecule has 0 unspecified atom stereocenters. The second-order valence-electron chi connectivity index (χ2n) is 8.47. The summed E-state index contributed by atoms with van der Waals surface area (Å²) in [6.07, 6.45) is 2.12. The maximum atomic E-state index is 12.8. The maximum Gasteiger partial charge on any atom is 0.326 e. The molecule has 0 aromatic heterocycles. The number of carbonyl (C=O) groups excluding carboxylic acids is 3. The van der Waals surface area contributed by atoms with Gasteiger partial charge in [0.1, 0.15) is 18.1 Å². The van der Waals surface area contributed by atoms with E-state index < -0.39 is 54.5 Å². The second-order valence-corrected chi connectivity index (χ2v) is 8.47. The van der Waals surface area contributed by atoms with Crippen molar-refractivity contribution in [1.29, 1.82) is 5.41 Å². The van der Waals surface area contributed by atoms with Crippen LogP contribution >= 0.6 is 0 Å². The average Bonchev–Trinajstić information content (AvgIpc) is 3.27. The molecule has 1 aliphatic heterocycles. The lowest BCUT2D eigenvalue weighted by Crippen LogP contribution is -2.58. The third-order valence-electron chi connectivity index (χ3n) is 5.13. The number of aliphatic carboxylic acids is 1. The van der Waals surface area contributed by atoms with E-state index in [1.54, 1.807) is 0 Å². The van der Waals surface area contributed by atoms with Gasteiger partial charge in [-0.25, -0.2) is 4.79 Å². The number of guanidine groups is 1. The molecule has 0 radical (unpaired) electrons. The Labute approximate surface area is 193 Å². The Kier molecular flexibility index (Phi) is 12.1. The fourth-order valence-corrected chi connectivity index (χ4v) is 3.41. The first-order chi connectivity index (χ1) is 15.5. The van der Waals surface area contributed by atoms with E-state index in [0.717, 1.165) is 6.42 Å². The molecule has 0 bridgehead atoms. The van der Waals surface area contributed by atoms with Crippen LogP contribution in [0.3, 0.4) is 0 Å². The zero-order valence-electron chi connectivity index (χ0n) is 19.1. The van der Waals surface area contributed by atoms with Crippen molar-refractivity contribution in [2.45, 2.75) is 70.1 Å². The standard InChI is InChI=1S/C20H37N7O6/c1-11(2)9-14(17(30)25-13(19(32)33)6-4-8-24-20(21)22)26-18(31)15(10-28)27-16(29)12-5-3-7-23-12/h11-15,23,28H,3-10H2,1-2H3,(H,25,30)(H,26,31)(H,27,29)(H,32,33)(H4,21,22,24)/t12-,13-,14-,15-/m0/s1. The molecule has 188 valence electrons. The maximum absolute atomic E-state index is 12.8. The van der Waals surface area contributed by atoms with Gasteiger partial charge in [-0.15, -0.1) is 0 Å². The van der Waals surface area contributed by atoms with E-state index in [2.05, 4.69) is 26.6 Å². The molecule has 10 N–H and O–H groups in total. The quantitative estimate of drug-likeness (QED) is 0.0746. The summed E-state index contributed by atoms with van der Waals surface area (Å²) in [6, 6.07) is -3.92. The zero-order chi connectivity index (χ0) is 25.0. The van der Waals surface area contributed by atoms with Crippen molar-refractivity contribution in [2.24, 2.45) is 11.7 Å². The van der Waals surface area contributed by atoms with Gasteiger partial charge in [-0.2, -0.15) is 0 Å². The van der Waals surface area contributed by atoms with E-state index in [-0.39, 0.29) is 31.3 Å². The highest BCUT2D eigenvalue weighted by Crippen LogP contribution is 2.08. The fourth-order valence-electron chi connectivity index (χ4n) is 3.41. The molecule has 4 atom stereocenters. The lowest BCUT2D eigenvalue weighted by molar-refractivity contribution is -0.142. The highest BCUT2D eigenvalue weighted by Gasteiger charge is 2.31. The molecule has 0 aromatic carbocycles. The molecule has 1 rings (SSSR count). The average molecular weight is 472 g/mol. The van der Waals surface area contributed by atoms with Crippen molar-refractivity contribution < 1.29 is 29.4 Å². The van der Waals surface area contributed by atoms with Crippen molar-refractivity contribution in [3.05, 3.63) is 0 Å². The van der Waals surface area contributed by atoms with Crippen molar-refractivity contribution in [1.82, 2.24) is 26.6 Å². The number of carbonyl (C=O) groups is 4. The smallest absolute Gasteiger partial charge is 0.326 e. The highest BCUT2D eigenvalue weighted by molar-refractivity contribution is 5.94. The SMILES string of the molecule is CC(C)C[C@H](NC(=O)[C@H](CO)NC(=O)[C@@H]1CCCN1)C(=O)N[C@@H](CCCNC(=N)N)C(=O)O. The first kappa shape index (κ1) is 28.1. The Bertz CT molecular complexity index is 696. The van der Waals surface area contributed by atoms with Crippen molar-refractivity contribution in [3.63, 3.8) is 0 Å². The molecule has 0 spiro atoms. The lowest BCUT2D eigenvalue weighted by atomic mass is 10.0. The number of hydrogen-bond acceptors (Lipinski definition) is 7. The summed E-state index contributed by atoms with van der Waals surface area (Å²) < 4.78 is 0. The molecule has 1 saturated heterocycles. The molecule has 13 nitrogen and oxygen atoms in total. The van der Waals surface area contributed by atoms with Crippen LogP contribution < -0.4 is 32.3 Å². The molecule has 3 amide bonds. The van der Waals surface area contributed by atoms with Gasteiger partial charge in [-0.3, -0.25) is 19.8 Å². The van der Waals surface area contributed by atoms with E-state index in [1.807, 2.05) is 13.8 Å². The van der Waals surface area contributed by atoms with Crippen LogP contribution in [0.15, 0.2) is 0 Å². The van der Waals surface area contributed by atoms with Crippen LogP contribution in [0.4, 0.5) is 0 Å². The Morgan fingerprint density at radius 3 is 2.24 bits per heavy atom. The third-order valence-corrected chi connectivity index (χ3v) is 5.13. The van der Waals surface area contributed by atoms with Gasteiger partial charge in [-0.1, -0.05) is 13.8 Å². The van der Waals surface area contributed by atoms with E-state index in [9.17, 15) is 29.4 Å². The second kappa shape index (κ2) is 14.3. The largest absolute Gasteiger partial charge is 0.480 e.